The van der Waals surface area contributed by atoms with Crippen molar-refractivity contribution in [2.45, 2.75) is 13.3 Å². The summed E-state index contributed by atoms with van der Waals surface area (Å²) in [6.45, 7) is 1.72. The number of aliphatic hydroxyl groups excluding tert-OH is 1. The molecule has 0 atom stereocenters. The molecule has 1 aromatic carbocycles. The van der Waals surface area contributed by atoms with Gasteiger partial charge in [0.1, 0.15) is 11.9 Å². The Morgan fingerprint density at radius 2 is 2.05 bits per heavy atom. The molecule has 1 heterocycles. The monoisotopic (exact) mass is 352 g/mol. The van der Waals surface area contributed by atoms with Crippen molar-refractivity contribution in [1.82, 2.24) is 4.98 Å². The zero-order valence-electron chi connectivity index (χ0n) is 11.2. The predicted molar refractivity (Wildman–Crippen MR) is 80.6 cm³/mol. The van der Waals surface area contributed by atoms with Gasteiger partial charge in [-0.25, -0.2) is 4.98 Å². The van der Waals surface area contributed by atoms with E-state index in [0.717, 1.165) is 5.56 Å². The summed E-state index contributed by atoms with van der Waals surface area (Å²) >= 11 is 3.27. The summed E-state index contributed by atoms with van der Waals surface area (Å²) in [7, 11) is 0. The molecule has 0 saturated carbocycles. The molecule has 2 aromatic rings. The fraction of sp³-hybridized carbons (Fsp3) is 0.214. The summed E-state index contributed by atoms with van der Waals surface area (Å²) in [6, 6.07) is 7.21. The van der Waals surface area contributed by atoms with Gasteiger partial charge in [-0.15, -0.1) is 0 Å². The SMILES string of the molecule is Cc1c([N+](=O)[O-])cnc(Oc2ccc(CCO)cc2)c1Br. The van der Waals surface area contributed by atoms with Gasteiger partial charge in [0.25, 0.3) is 5.69 Å². The van der Waals surface area contributed by atoms with E-state index in [2.05, 4.69) is 20.9 Å². The molecule has 0 spiro atoms. The van der Waals surface area contributed by atoms with Gasteiger partial charge in [-0.3, -0.25) is 10.1 Å². The number of hydrogen-bond acceptors (Lipinski definition) is 5. The van der Waals surface area contributed by atoms with E-state index in [1.54, 1.807) is 19.1 Å². The Labute approximate surface area is 129 Å². The molecule has 0 bridgehead atoms. The highest BCUT2D eigenvalue weighted by molar-refractivity contribution is 9.10. The summed E-state index contributed by atoms with van der Waals surface area (Å²) in [4.78, 5) is 14.3. The van der Waals surface area contributed by atoms with Crippen LogP contribution in [0, 0.1) is 17.0 Å². The van der Waals surface area contributed by atoms with Crippen LogP contribution in [0.1, 0.15) is 11.1 Å². The van der Waals surface area contributed by atoms with Crippen molar-refractivity contribution in [2.24, 2.45) is 0 Å². The molecule has 7 heteroatoms. The topological polar surface area (TPSA) is 85.5 Å². The lowest BCUT2D eigenvalue weighted by Gasteiger charge is -2.09. The Balaban J connectivity index is 2.23. The van der Waals surface area contributed by atoms with Crippen LogP contribution in [0.5, 0.6) is 11.6 Å². The fourth-order valence-electron chi connectivity index (χ4n) is 1.77. The second-order valence-electron chi connectivity index (χ2n) is 4.36. The molecule has 0 radical (unpaired) electrons. The molecule has 1 N–H and O–H groups in total. The number of hydrogen-bond donors (Lipinski definition) is 1. The fourth-order valence-corrected chi connectivity index (χ4v) is 2.15. The zero-order valence-corrected chi connectivity index (χ0v) is 12.8. The molecule has 0 aliphatic heterocycles. The first-order valence-corrected chi connectivity index (χ1v) is 6.99. The minimum absolute atomic E-state index is 0.0625. The van der Waals surface area contributed by atoms with Crippen LogP contribution in [0.4, 0.5) is 5.69 Å². The molecule has 2 rings (SSSR count). The maximum absolute atomic E-state index is 10.8. The van der Waals surface area contributed by atoms with Gasteiger partial charge in [0.2, 0.25) is 5.88 Å². The minimum Gasteiger partial charge on any atom is -0.438 e. The van der Waals surface area contributed by atoms with Crippen molar-refractivity contribution in [2.75, 3.05) is 6.61 Å². The third-order valence-electron chi connectivity index (χ3n) is 2.94. The first kappa shape index (κ1) is 15.4. The average Bonchev–Trinajstić information content (AvgIpc) is 2.46. The molecule has 6 nitrogen and oxygen atoms in total. The molecule has 1 aromatic heterocycles. The van der Waals surface area contributed by atoms with Crippen molar-refractivity contribution < 1.29 is 14.8 Å². The number of pyridine rings is 1. The molecule has 0 unspecified atom stereocenters. The van der Waals surface area contributed by atoms with E-state index >= 15 is 0 Å². The molecule has 0 aliphatic rings. The molecule has 0 fully saturated rings. The second-order valence-corrected chi connectivity index (χ2v) is 5.16. The average molecular weight is 353 g/mol. The maximum Gasteiger partial charge on any atom is 0.291 e. The van der Waals surface area contributed by atoms with Gasteiger partial charge in [0.05, 0.1) is 9.40 Å². The smallest absolute Gasteiger partial charge is 0.291 e. The molecule has 0 saturated heterocycles. The van der Waals surface area contributed by atoms with Crippen molar-refractivity contribution in [3.63, 3.8) is 0 Å². The van der Waals surface area contributed by atoms with Crippen molar-refractivity contribution in [3.8, 4) is 11.6 Å². The van der Waals surface area contributed by atoms with Gasteiger partial charge in [-0.05, 0) is 47.0 Å². The van der Waals surface area contributed by atoms with Crippen LogP contribution in [-0.2, 0) is 6.42 Å². The Morgan fingerprint density at radius 1 is 1.38 bits per heavy atom. The number of halogens is 1. The Kier molecular flexibility index (Phi) is 4.87. The summed E-state index contributed by atoms with van der Waals surface area (Å²) < 4.78 is 6.07. The van der Waals surface area contributed by atoms with E-state index in [9.17, 15) is 10.1 Å². The standard InChI is InChI=1S/C14H13BrN2O4/c1-9-12(17(19)20)8-16-14(13(9)15)21-11-4-2-10(3-5-11)6-7-18/h2-5,8,18H,6-7H2,1H3. The minimum atomic E-state index is -0.486. The van der Waals surface area contributed by atoms with Crippen LogP contribution < -0.4 is 4.74 Å². The first-order valence-electron chi connectivity index (χ1n) is 6.20. The molecular weight excluding hydrogens is 340 g/mol. The largest absolute Gasteiger partial charge is 0.438 e. The number of rotatable bonds is 5. The second kappa shape index (κ2) is 6.64. The molecule has 110 valence electrons. The quantitative estimate of drug-likeness (QED) is 0.658. The number of aliphatic hydroxyl groups is 1. The van der Waals surface area contributed by atoms with Gasteiger partial charge in [0, 0.05) is 12.2 Å². The lowest BCUT2D eigenvalue weighted by atomic mass is 10.1. The van der Waals surface area contributed by atoms with Crippen molar-refractivity contribution >= 4 is 21.6 Å². The summed E-state index contributed by atoms with van der Waals surface area (Å²) in [5.74, 6) is 0.839. The molecule has 0 aliphatic carbocycles. The summed E-state index contributed by atoms with van der Waals surface area (Å²) in [5, 5.41) is 19.7. The lowest BCUT2D eigenvalue weighted by molar-refractivity contribution is -0.385. The normalized spacial score (nSPS) is 10.4. The van der Waals surface area contributed by atoms with E-state index in [4.69, 9.17) is 9.84 Å². The van der Waals surface area contributed by atoms with Crippen LogP contribution in [-0.4, -0.2) is 21.6 Å². The van der Waals surface area contributed by atoms with Crippen molar-refractivity contribution in [3.05, 3.63) is 56.2 Å². The molecule has 21 heavy (non-hydrogen) atoms. The van der Waals surface area contributed by atoms with Gasteiger partial charge in [-0.2, -0.15) is 0 Å². The Morgan fingerprint density at radius 3 is 2.62 bits per heavy atom. The zero-order chi connectivity index (χ0) is 15.4. The van der Waals surface area contributed by atoms with Gasteiger partial charge in [-0.1, -0.05) is 12.1 Å². The molecule has 0 amide bonds. The highest BCUT2D eigenvalue weighted by atomic mass is 79.9. The Hall–Kier alpha value is -1.99. The number of nitrogens with zero attached hydrogens (tertiary/aromatic N) is 2. The van der Waals surface area contributed by atoms with Crippen LogP contribution in [0.15, 0.2) is 34.9 Å². The van der Waals surface area contributed by atoms with Crippen LogP contribution in [0.3, 0.4) is 0 Å². The predicted octanol–water partition coefficient (Wildman–Crippen LogP) is 3.39. The highest BCUT2D eigenvalue weighted by Crippen LogP contribution is 2.34. The van der Waals surface area contributed by atoms with Gasteiger partial charge < -0.3 is 9.84 Å². The Bertz CT molecular complexity index is 659. The summed E-state index contributed by atoms with van der Waals surface area (Å²) in [6.07, 6.45) is 1.76. The van der Waals surface area contributed by atoms with E-state index < -0.39 is 4.92 Å². The van der Waals surface area contributed by atoms with Crippen molar-refractivity contribution in [1.29, 1.82) is 0 Å². The van der Waals surface area contributed by atoms with Crippen LogP contribution in [0.25, 0.3) is 0 Å². The van der Waals surface area contributed by atoms with Crippen LogP contribution >= 0.6 is 15.9 Å². The number of nitro groups is 1. The molecular formula is C14H13BrN2O4. The van der Waals surface area contributed by atoms with E-state index in [1.165, 1.54) is 6.20 Å². The number of aromatic nitrogens is 1. The lowest BCUT2D eigenvalue weighted by Crippen LogP contribution is -1.97. The number of benzene rings is 1. The van der Waals surface area contributed by atoms with Gasteiger partial charge in [0.15, 0.2) is 0 Å². The van der Waals surface area contributed by atoms with E-state index in [1.807, 2.05) is 12.1 Å². The highest BCUT2D eigenvalue weighted by Gasteiger charge is 2.18. The first-order chi connectivity index (χ1) is 10.0. The van der Waals surface area contributed by atoms with E-state index in [0.29, 0.717) is 22.2 Å². The summed E-state index contributed by atoms with van der Waals surface area (Å²) in [5.41, 5.74) is 1.39. The third-order valence-corrected chi connectivity index (χ3v) is 3.87. The third kappa shape index (κ3) is 3.56. The van der Waals surface area contributed by atoms with Crippen LogP contribution in [0.2, 0.25) is 0 Å². The number of ether oxygens (including phenoxy) is 1. The van der Waals surface area contributed by atoms with E-state index in [-0.39, 0.29) is 18.2 Å². The van der Waals surface area contributed by atoms with Gasteiger partial charge >= 0.3 is 0 Å². The maximum atomic E-state index is 10.8.